The summed E-state index contributed by atoms with van der Waals surface area (Å²) in [6, 6.07) is 7.55. The van der Waals surface area contributed by atoms with Gasteiger partial charge in [-0.05, 0) is 70.0 Å². The van der Waals surface area contributed by atoms with Crippen LogP contribution in [0.5, 0.6) is 5.88 Å². The Morgan fingerprint density at radius 3 is 2.94 bits per heavy atom. The van der Waals surface area contributed by atoms with Crippen LogP contribution in [0.3, 0.4) is 0 Å². The molecule has 1 aliphatic heterocycles. The van der Waals surface area contributed by atoms with Gasteiger partial charge in [-0.25, -0.2) is 15.0 Å². The summed E-state index contributed by atoms with van der Waals surface area (Å²) in [6.07, 6.45) is 5.23. The molecule has 3 heterocycles. The first-order valence-corrected chi connectivity index (χ1v) is 10.6. The number of ether oxygens (including phenoxy) is 1. The Kier molecular flexibility index (Phi) is 5.93. The molecule has 0 radical (unpaired) electrons. The fraction of sp³-hybridized carbons (Fsp3) is 0.435. The van der Waals surface area contributed by atoms with Gasteiger partial charge in [-0.1, -0.05) is 0 Å². The van der Waals surface area contributed by atoms with E-state index in [9.17, 15) is 5.11 Å². The maximum atomic E-state index is 10.2. The van der Waals surface area contributed by atoms with Gasteiger partial charge in [0.15, 0.2) is 0 Å². The van der Waals surface area contributed by atoms with Gasteiger partial charge < -0.3 is 20.9 Å². The van der Waals surface area contributed by atoms with E-state index < -0.39 is 5.60 Å². The van der Waals surface area contributed by atoms with Crippen molar-refractivity contribution in [3.63, 3.8) is 0 Å². The number of anilines is 3. The Morgan fingerprint density at radius 1 is 1.29 bits per heavy atom. The average Bonchev–Trinajstić information content (AvgIpc) is 2.68. The van der Waals surface area contributed by atoms with Crippen LogP contribution in [0.25, 0.3) is 10.9 Å². The summed E-state index contributed by atoms with van der Waals surface area (Å²) < 4.78 is 6.30. The maximum absolute atomic E-state index is 10.2. The number of aryl methyl sites for hydroxylation is 1. The summed E-state index contributed by atoms with van der Waals surface area (Å²) >= 11 is 0. The largest absolute Gasteiger partial charge is 0.472 e. The number of piperidine rings is 1. The molecule has 1 aromatic carbocycles. The number of aromatic nitrogens is 3. The zero-order valence-corrected chi connectivity index (χ0v) is 18.3. The van der Waals surface area contributed by atoms with Crippen LogP contribution in [0.2, 0.25) is 0 Å². The monoisotopic (exact) mass is 422 g/mol. The zero-order chi connectivity index (χ0) is 22.0. The molecule has 0 aliphatic carbocycles. The molecule has 1 aliphatic rings. The lowest BCUT2D eigenvalue weighted by molar-refractivity contribution is 0.00665. The third-order valence-corrected chi connectivity index (χ3v) is 5.33. The summed E-state index contributed by atoms with van der Waals surface area (Å²) in [7, 11) is 0. The first kappa shape index (κ1) is 21.3. The molecule has 0 bridgehead atoms. The van der Waals surface area contributed by atoms with Crippen molar-refractivity contribution in [2.45, 2.75) is 45.3 Å². The summed E-state index contributed by atoms with van der Waals surface area (Å²) in [5.74, 6) is 1.23. The molecule has 1 saturated heterocycles. The maximum Gasteiger partial charge on any atom is 0.238 e. The van der Waals surface area contributed by atoms with Gasteiger partial charge in [0.2, 0.25) is 5.88 Å². The first-order valence-electron chi connectivity index (χ1n) is 10.6. The summed E-state index contributed by atoms with van der Waals surface area (Å²) in [4.78, 5) is 15.5. The SMILES string of the molecule is Cc1cc(N)cc2ncnc(Nc3cccnc3O[C@@H]3CCCN(CC(C)(C)O)C3)c12. The van der Waals surface area contributed by atoms with Crippen LogP contribution in [-0.4, -0.2) is 56.3 Å². The number of hydrogen-bond donors (Lipinski definition) is 3. The molecular weight excluding hydrogens is 392 g/mol. The third kappa shape index (κ3) is 5.21. The lowest BCUT2D eigenvalue weighted by atomic mass is 10.0. The highest BCUT2D eigenvalue weighted by Gasteiger charge is 2.26. The molecule has 0 amide bonds. The molecule has 31 heavy (non-hydrogen) atoms. The Labute approximate surface area is 182 Å². The molecule has 1 fully saturated rings. The molecule has 8 heteroatoms. The second-order valence-electron chi connectivity index (χ2n) is 8.86. The standard InChI is InChI=1S/C23H30N6O2/c1-15-10-16(24)11-19-20(15)21(27-14-26-19)28-18-7-4-8-25-22(18)31-17-6-5-9-29(12-17)13-23(2,3)30/h4,7-8,10-11,14,17,30H,5-6,9,12-13,24H2,1-3H3,(H,26,27,28)/t17-/m1/s1. The van der Waals surface area contributed by atoms with E-state index in [-0.39, 0.29) is 6.10 Å². The quantitative estimate of drug-likeness (QED) is 0.519. The van der Waals surface area contributed by atoms with Crippen molar-refractivity contribution in [3.05, 3.63) is 42.4 Å². The Morgan fingerprint density at radius 2 is 2.13 bits per heavy atom. The van der Waals surface area contributed by atoms with Crippen molar-refractivity contribution >= 4 is 28.1 Å². The van der Waals surface area contributed by atoms with Crippen molar-refractivity contribution in [2.75, 3.05) is 30.7 Å². The molecule has 164 valence electrons. The molecule has 0 unspecified atom stereocenters. The highest BCUT2D eigenvalue weighted by molar-refractivity contribution is 5.95. The van der Waals surface area contributed by atoms with Gasteiger partial charge in [-0.3, -0.25) is 4.90 Å². The van der Waals surface area contributed by atoms with Gasteiger partial charge in [0.05, 0.1) is 11.1 Å². The van der Waals surface area contributed by atoms with E-state index in [0.29, 0.717) is 23.9 Å². The van der Waals surface area contributed by atoms with E-state index in [0.717, 1.165) is 48.1 Å². The summed E-state index contributed by atoms with van der Waals surface area (Å²) in [5.41, 5.74) is 8.46. The second-order valence-corrected chi connectivity index (χ2v) is 8.86. The molecule has 3 aromatic rings. The minimum Gasteiger partial charge on any atom is -0.472 e. The number of aliphatic hydroxyl groups is 1. The van der Waals surface area contributed by atoms with E-state index in [1.807, 2.05) is 45.0 Å². The molecule has 4 rings (SSSR count). The van der Waals surface area contributed by atoms with Crippen molar-refractivity contribution in [1.29, 1.82) is 0 Å². The normalized spacial score (nSPS) is 17.6. The lowest BCUT2D eigenvalue weighted by Gasteiger charge is -2.35. The van der Waals surface area contributed by atoms with Crippen molar-refractivity contribution in [3.8, 4) is 5.88 Å². The van der Waals surface area contributed by atoms with E-state index in [2.05, 4.69) is 25.2 Å². The third-order valence-electron chi connectivity index (χ3n) is 5.33. The van der Waals surface area contributed by atoms with Gasteiger partial charge in [0.25, 0.3) is 0 Å². The van der Waals surface area contributed by atoms with E-state index in [1.165, 1.54) is 6.33 Å². The Hall–Kier alpha value is -2.97. The molecule has 0 spiro atoms. The van der Waals surface area contributed by atoms with E-state index in [4.69, 9.17) is 10.5 Å². The van der Waals surface area contributed by atoms with Crippen molar-refractivity contribution < 1.29 is 9.84 Å². The number of β-amino-alcohol motifs (C(OH)–C–C–N with tert-alkyl or cyclic N) is 1. The molecular formula is C23H30N6O2. The number of nitrogen functional groups attached to an aromatic ring is 1. The molecule has 8 nitrogen and oxygen atoms in total. The van der Waals surface area contributed by atoms with Crippen LogP contribution in [-0.2, 0) is 0 Å². The topological polar surface area (TPSA) is 109 Å². The zero-order valence-electron chi connectivity index (χ0n) is 18.3. The van der Waals surface area contributed by atoms with E-state index >= 15 is 0 Å². The van der Waals surface area contributed by atoms with Crippen LogP contribution in [0.4, 0.5) is 17.2 Å². The van der Waals surface area contributed by atoms with Crippen LogP contribution in [0.15, 0.2) is 36.8 Å². The van der Waals surface area contributed by atoms with Crippen molar-refractivity contribution in [2.24, 2.45) is 0 Å². The van der Waals surface area contributed by atoms with Crippen LogP contribution < -0.4 is 15.8 Å². The van der Waals surface area contributed by atoms with Gasteiger partial charge in [-0.15, -0.1) is 0 Å². The highest BCUT2D eigenvalue weighted by Crippen LogP contribution is 2.32. The van der Waals surface area contributed by atoms with Crippen LogP contribution in [0, 0.1) is 6.92 Å². The Balaban J connectivity index is 1.56. The summed E-state index contributed by atoms with van der Waals surface area (Å²) in [6.45, 7) is 8.00. The fourth-order valence-corrected chi connectivity index (χ4v) is 4.18. The highest BCUT2D eigenvalue weighted by atomic mass is 16.5. The minimum absolute atomic E-state index is 0.00947. The number of fused-ring (bicyclic) bond motifs is 1. The van der Waals surface area contributed by atoms with Crippen LogP contribution >= 0.6 is 0 Å². The van der Waals surface area contributed by atoms with Gasteiger partial charge in [0, 0.05) is 30.4 Å². The summed E-state index contributed by atoms with van der Waals surface area (Å²) in [5, 5.41) is 14.5. The Bertz CT molecular complexity index is 1070. The van der Waals surface area contributed by atoms with Crippen molar-refractivity contribution in [1.82, 2.24) is 19.9 Å². The number of hydrogen-bond acceptors (Lipinski definition) is 8. The fourth-order valence-electron chi connectivity index (χ4n) is 4.18. The molecule has 0 saturated carbocycles. The van der Waals surface area contributed by atoms with E-state index in [1.54, 1.807) is 6.20 Å². The predicted molar refractivity (Wildman–Crippen MR) is 123 cm³/mol. The van der Waals surface area contributed by atoms with Gasteiger partial charge in [0.1, 0.15) is 23.9 Å². The first-order chi connectivity index (χ1) is 14.8. The number of rotatable bonds is 6. The molecule has 1 atom stereocenters. The number of nitrogens with two attached hydrogens (primary N) is 1. The smallest absolute Gasteiger partial charge is 0.238 e. The lowest BCUT2D eigenvalue weighted by Crippen LogP contribution is -2.47. The van der Waals surface area contributed by atoms with Gasteiger partial charge >= 0.3 is 0 Å². The number of benzene rings is 1. The van der Waals surface area contributed by atoms with Crippen LogP contribution in [0.1, 0.15) is 32.3 Å². The number of pyridine rings is 1. The van der Waals surface area contributed by atoms with Gasteiger partial charge in [-0.2, -0.15) is 0 Å². The second kappa shape index (κ2) is 8.64. The number of nitrogens with zero attached hydrogens (tertiary/aromatic N) is 4. The predicted octanol–water partition coefficient (Wildman–Crippen LogP) is 3.27. The number of likely N-dealkylation sites (tertiary alicyclic amines) is 1. The average molecular weight is 423 g/mol. The molecule has 4 N–H and O–H groups in total. The number of nitrogens with one attached hydrogen (secondary N) is 1. The molecule has 2 aromatic heterocycles. The minimum atomic E-state index is -0.727.